The fraction of sp³-hybridized carbons (Fsp3) is 0. The van der Waals surface area contributed by atoms with Gasteiger partial charge in [-0.2, -0.15) is 8.42 Å². The number of hydrogen-bond donors (Lipinski definition) is 3. The molecule has 0 fully saturated rings. The first-order chi connectivity index (χ1) is 2.00. The molecule has 0 amide bonds. The average molecular weight is 181 g/mol. The molecule has 0 aliphatic carbocycles. The highest BCUT2D eigenvalue weighted by atomic mass is 32.3. The topological polar surface area (TPSA) is 173 Å². The van der Waals surface area contributed by atoms with Gasteiger partial charge >= 0.3 is 10.4 Å². The van der Waals surface area contributed by atoms with Crippen molar-refractivity contribution in [3.8, 4) is 0 Å². The third kappa shape index (κ3) is 4100. The van der Waals surface area contributed by atoms with Crippen LogP contribution in [0.4, 0.5) is 0 Å². The summed E-state index contributed by atoms with van der Waals surface area (Å²) in [6.45, 7) is 0. The maximum absolute atomic E-state index is 8.74. The minimum absolute atomic E-state index is 0. The lowest BCUT2D eigenvalue weighted by Crippen LogP contribution is -1.89. The van der Waals surface area contributed by atoms with E-state index in [2.05, 4.69) is 0 Å². The molecule has 0 aromatic carbocycles. The van der Waals surface area contributed by atoms with Gasteiger partial charge in [-0.15, -0.1) is 0 Å². The van der Waals surface area contributed by atoms with Crippen molar-refractivity contribution in [1.82, 2.24) is 6.15 Å². The molecule has 62 valence electrons. The van der Waals surface area contributed by atoms with E-state index in [4.69, 9.17) is 17.5 Å². The van der Waals surface area contributed by atoms with Gasteiger partial charge in [-0.1, -0.05) is 0 Å². The van der Waals surface area contributed by atoms with Crippen LogP contribution >= 0.6 is 0 Å². The largest absolute Gasteiger partial charge is 0.412 e. The van der Waals surface area contributed by atoms with Crippen molar-refractivity contribution in [3.63, 3.8) is 0 Å². The molecule has 0 rings (SSSR count). The molecule has 0 bridgehead atoms. The van der Waals surface area contributed by atoms with Gasteiger partial charge in [0.15, 0.2) is 17.4 Å². The second kappa shape index (κ2) is 11.1. The van der Waals surface area contributed by atoms with E-state index in [-0.39, 0.29) is 34.5 Å². The summed E-state index contributed by atoms with van der Waals surface area (Å²) in [5, 5.41) is 0. The third-order valence-corrected chi connectivity index (χ3v) is 0. The lowest BCUT2D eigenvalue weighted by molar-refractivity contribution is 0.381. The fourth-order valence-electron chi connectivity index (χ4n) is 0. The first kappa shape index (κ1) is 34.7. The monoisotopic (exact) mass is 181 g/mol. The molecule has 9 heteroatoms. The number of hydrogen-bond acceptors (Lipinski definition) is 3. The van der Waals surface area contributed by atoms with Crippen LogP contribution in [0.5, 0.6) is 0 Å². The number of rotatable bonds is 0. The summed E-state index contributed by atoms with van der Waals surface area (Å²) in [7, 11) is -4.67. The summed E-state index contributed by atoms with van der Waals surface area (Å²) in [6.07, 6.45) is 0. The molecule has 0 radical (unpaired) electrons. The first-order valence-corrected chi connectivity index (χ1v) is 2.10. The maximum atomic E-state index is 8.74. The van der Waals surface area contributed by atoms with Gasteiger partial charge in [0.05, 0.1) is 0 Å². The Hall–Kier alpha value is 0.282. The fourth-order valence-corrected chi connectivity index (χ4v) is 0. The summed E-state index contributed by atoms with van der Waals surface area (Å²) in [4.78, 5) is 0. The second-order valence-electron chi connectivity index (χ2n) is 0.448. The van der Waals surface area contributed by atoms with Crippen molar-refractivity contribution < 1.29 is 28.5 Å². The van der Waals surface area contributed by atoms with Gasteiger partial charge < -0.3 is 17.1 Å². The Morgan fingerprint density at radius 3 is 1.00 bits per heavy atom. The minimum Gasteiger partial charge on any atom is -0.412 e. The van der Waals surface area contributed by atoms with Gasteiger partial charge in [-0.3, -0.25) is 9.11 Å². The molecule has 0 unspecified atom stereocenters. The van der Waals surface area contributed by atoms with Crippen LogP contribution in [0.1, 0.15) is 0 Å². The Bertz CT molecular complexity index is 96.2. The Labute approximate surface area is 63.0 Å². The lowest BCUT2D eigenvalue weighted by atomic mass is 14.0. The van der Waals surface area contributed by atoms with Crippen LogP contribution in [0.3, 0.4) is 0 Å². The van der Waals surface area contributed by atoms with Crippen LogP contribution < -0.4 is 6.15 Å². The van der Waals surface area contributed by atoms with E-state index in [9.17, 15) is 0 Å². The Morgan fingerprint density at radius 2 is 1.00 bits per heavy atom. The van der Waals surface area contributed by atoms with Crippen molar-refractivity contribution in [2.45, 2.75) is 0 Å². The van der Waals surface area contributed by atoms with Crippen molar-refractivity contribution in [2.24, 2.45) is 0 Å². The van der Waals surface area contributed by atoms with Gasteiger partial charge in [-0.05, 0) is 0 Å². The zero-order valence-electron chi connectivity index (χ0n) is 3.83. The van der Waals surface area contributed by atoms with Crippen molar-refractivity contribution in [3.05, 3.63) is 0 Å². The highest BCUT2D eigenvalue weighted by Gasteiger charge is 1.84. The summed E-state index contributed by atoms with van der Waals surface area (Å²) in [6, 6.07) is 0. The van der Waals surface area contributed by atoms with Gasteiger partial charge in [-0.25, -0.2) is 0 Å². The zero-order valence-corrected chi connectivity index (χ0v) is 4.64. The Morgan fingerprint density at radius 1 is 1.00 bits per heavy atom. The highest BCUT2D eigenvalue weighted by molar-refractivity contribution is 7.79. The molecule has 0 aliphatic rings. The normalized spacial score (nSPS) is 6.44. The molecule has 0 heterocycles. The molecule has 0 aliphatic heterocycles. The van der Waals surface area contributed by atoms with E-state index < -0.39 is 10.4 Å². The summed E-state index contributed by atoms with van der Waals surface area (Å²) in [5.41, 5.74) is 0. The molecule has 7 nitrogen and oxygen atoms in total. The van der Waals surface area contributed by atoms with Crippen molar-refractivity contribution >= 4 is 27.8 Å². The van der Waals surface area contributed by atoms with E-state index in [1.807, 2.05) is 0 Å². The van der Waals surface area contributed by atoms with Crippen molar-refractivity contribution in [2.75, 3.05) is 0 Å². The average Bonchev–Trinajstić information content (AvgIpc) is 0.722. The van der Waals surface area contributed by atoms with Crippen LogP contribution in [-0.4, -0.2) is 45.8 Å². The maximum Gasteiger partial charge on any atom is 0.394 e. The summed E-state index contributed by atoms with van der Waals surface area (Å²) >= 11 is 0. The molecule has 0 saturated heterocycles. The standard InChI is InChI=1S/Al.H3N.H2O4S.2H2O.3H/c;;1-5(2,3)4;;;;;/h;1H3;(H2,1,2,3,4);2*1H2;;;. The molecule has 0 aromatic rings. The quantitative estimate of drug-likeness (QED) is 0.261. The molecule has 0 aromatic heterocycles. The van der Waals surface area contributed by atoms with E-state index >= 15 is 0 Å². The predicted molar refractivity (Wildman–Crippen MR) is 36.4 cm³/mol. The van der Waals surface area contributed by atoms with Crippen LogP contribution in [0.2, 0.25) is 0 Å². The molecule has 9 N–H and O–H groups in total. The molecule has 0 spiro atoms. The molecule has 9 heavy (non-hydrogen) atoms. The Kier molecular flexibility index (Phi) is 42.9. The zero-order chi connectivity index (χ0) is 4.50. The molecule has 0 atom stereocenters. The second-order valence-corrected chi connectivity index (χ2v) is 1.34. The van der Waals surface area contributed by atoms with Crippen LogP contribution in [0, 0.1) is 0 Å². The van der Waals surface area contributed by atoms with E-state index in [1.165, 1.54) is 0 Å². The molecular weight excluding hydrogens is 169 g/mol. The van der Waals surface area contributed by atoms with Crippen molar-refractivity contribution in [1.29, 1.82) is 0 Å². The van der Waals surface area contributed by atoms with Crippen LogP contribution in [0.25, 0.3) is 0 Å². The van der Waals surface area contributed by atoms with E-state index in [1.54, 1.807) is 0 Å². The third-order valence-electron chi connectivity index (χ3n) is 0. The highest BCUT2D eigenvalue weighted by Crippen LogP contribution is 1.59. The first-order valence-electron chi connectivity index (χ1n) is 0.698. The Balaban J connectivity index is -0.0000000133. The molecule has 0 saturated carbocycles. The van der Waals surface area contributed by atoms with Crippen LogP contribution in [0.15, 0.2) is 0 Å². The van der Waals surface area contributed by atoms with Gasteiger partial charge in [0.1, 0.15) is 0 Å². The smallest absolute Gasteiger partial charge is 0.394 e. The van der Waals surface area contributed by atoms with Crippen LogP contribution in [-0.2, 0) is 10.4 Å². The predicted octanol–water partition coefficient (Wildman–Crippen LogP) is -3.32. The van der Waals surface area contributed by atoms with Gasteiger partial charge in [0.25, 0.3) is 0 Å². The van der Waals surface area contributed by atoms with E-state index in [0.717, 1.165) is 0 Å². The van der Waals surface area contributed by atoms with Gasteiger partial charge in [0.2, 0.25) is 0 Å². The lowest BCUT2D eigenvalue weighted by Gasteiger charge is -1.68. The summed E-state index contributed by atoms with van der Waals surface area (Å²) < 4.78 is 31.6. The van der Waals surface area contributed by atoms with Gasteiger partial charge in [0, 0.05) is 0 Å². The summed E-state index contributed by atoms with van der Waals surface area (Å²) in [5.74, 6) is 0. The molecular formula is H12AlNO6S. The minimum atomic E-state index is -4.67. The van der Waals surface area contributed by atoms with E-state index in [0.29, 0.717) is 0 Å². The SMILES string of the molecule is N.O.O.O=S(=O)(O)O.[AlH3].